The fraction of sp³-hybridized carbons (Fsp3) is 0.462. The second-order valence-electron chi connectivity index (χ2n) is 4.62. The number of nitrogens with zero attached hydrogens (tertiary/aromatic N) is 1. The summed E-state index contributed by atoms with van der Waals surface area (Å²) in [6.45, 7) is 3.17. The first-order valence-corrected chi connectivity index (χ1v) is 6.25. The van der Waals surface area contributed by atoms with E-state index in [2.05, 4.69) is 5.32 Å². The first kappa shape index (κ1) is 13.8. The minimum atomic E-state index is -0.451. The van der Waals surface area contributed by atoms with Gasteiger partial charge >= 0.3 is 6.03 Å². The van der Waals surface area contributed by atoms with Gasteiger partial charge in [0.05, 0.1) is 24.9 Å². The van der Waals surface area contributed by atoms with Crippen LogP contribution in [0.2, 0.25) is 0 Å². The predicted octanol–water partition coefficient (Wildman–Crippen LogP) is 1.41. The first-order chi connectivity index (χ1) is 9.08. The van der Waals surface area contributed by atoms with Crippen molar-refractivity contribution in [2.45, 2.75) is 19.1 Å². The summed E-state index contributed by atoms with van der Waals surface area (Å²) in [5, 5.41) is 2.56. The summed E-state index contributed by atoms with van der Waals surface area (Å²) >= 11 is 0. The molecule has 2 unspecified atom stereocenters. The molecule has 1 heterocycles. The summed E-state index contributed by atoms with van der Waals surface area (Å²) < 4.78 is 18.9. The molecule has 1 aromatic rings. The van der Waals surface area contributed by atoms with Crippen molar-refractivity contribution in [1.82, 2.24) is 4.90 Å². The number of para-hydroxylation sites is 1. The lowest BCUT2D eigenvalue weighted by molar-refractivity contribution is -0.0220. The zero-order valence-electron chi connectivity index (χ0n) is 10.8. The van der Waals surface area contributed by atoms with Gasteiger partial charge < -0.3 is 20.7 Å². The van der Waals surface area contributed by atoms with E-state index < -0.39 is 5.82 Å². The summed E-state index contributed by atoms with van der Waals surface area (Å²) in [5.74, 6) is -0.451. The molecule has 0 radical (unpaired) electrons. The maximum atomic E-state index is 13.4. The number of ether oxygens (including phenoxy) is 1. The molecule has 104 valence electrons. The number of hydrogen-bond donors (Lipinski definition) is 2. The second kappa shape index (κ2) is 5.99. The molecule has 0 bridgehead atoms. The SMILES string of the molecule is CC(N)C1CN(C(=O)Nc2ccccc2F)CCO1. The van der Waals surface area contributed by atoms with Gasteiger partial charge in [-0.2, -0.15) is 0 Å². The number of amides is 2. The van der Waals surface area contributed by atoms with Gasteiger partial charge in [-0.15, -0.1) is 0 Å². The lowest BCUT2D eigenvalue weighted by atomic mass is 10.1. The molecule has 0 spiro atoms. The molecular formula is C13H18FN3O2. The van der Waals surface area contributed by atoms with Crippen LogP contribution in [0.5, 0.6) is 0 Å². The average molecular weight is 267 g/mol. The third kappa shape index (κ3) is 3.42. The Hall–Kier alpha value is -1.66. The van der Waals surface area contributed by atoms with E-state index in [4.69, 9.17) is 10.5 Å². The van der Waals surface area contributed by atoms with E-state index in [-0.39, 0.29) is 23.9 Å². The van der Waals surface area contributed by atoms with Crippen LogP contribution in [-0.2, 0) is 4.74 Å². The molecule has 1 aliphatic rings. The molecule has 2 rings (SSSR count). The molecule has 2 atom stereocenters. The van der Waals surface area contributed by atoms with Gasteiger partial charge in [0.25, 0.3) is 0 Å². The van der Waals surface area contributed by atoms with Crippen molar-refractivity contribution >= 4 is 11.7 Å². The van der Waals surface area contributed by atoms with E-state index in [1.165, 1.54) is 12.1 Å². The van der Waals surface area contributed by atoms with Gasteiger partial charge in [-0.1, -0.05) is 12.1 Å². The standard InChI is InChI=1S/C13H18FN3O2/c1-9(15)12-8-17(6-7-19-12)13(18)16-11-5-3-2-4-10(11)14/h2-5,9,12H,6-8,15H2,1H3,(H,16,18). The van der Waals surface area contributed by atoms with Gasteiger partial charge in [0.15, 0.2) is 0 Å². The quantitative estimate of drug-likeness (QED) is 0.851. The number of anilines is 1. The second-order valence-corrected chi connectivity index (χ2v) is 4.62. The van der Waals surface area contributed by atoms with E-state index in [1.807, 2.05) is 6.92 Å². The Morgan fingerprint density at radius 1 is 1.58 bits per heavy atom. The Kier molecular flexibility index (Phi) is 4.34. The molecule has 1 saturated heterocycles. The van der Waals surface area contributed by atoms with E-state index >= 15 is 0 Å². The van der Waals surface area contributed by atoms with Crippen LogP contribution < -0.4 is 11.1 Å². The number of rotatable bonds is 2. The molecule has 6 heteroatoms. The van der Waals surface area contributed by atoms with Gasteiger partial charge in [0.1, 0.15) is 5.82 Å². The Labute approximate surface area is 111 Å². The Bertz CT molecular complexity index is 453. The summed E-state index contributed by atoms with van der Waals surface area (Å²) in [4.78, 5) is 13.6. The first-order valence-electron chi connectivity index (χ1n) is 6.25. The zero-order chi connectivity index (χ0) is 13.8. The summed E-state index contributed by atoms with van der Waals surface area (Å²) in [7, 11) is 0. The van der Waals surface area contributed by atoms with E-state index in [0.29, 0.717) is 19.7 Å². The summed E-state index contributed by atoms with van der Waals surface area (Å²) in [6, 6.07) is 5.59. The van der Waals surface area contributed by atoms with Crippen LogP contribution in [0.25, 0.3) is 0 Å². The van der Waals surface area contributed by atoms with Crippen molar-refractivity contribution in [3.8, 4) is 0 Å². The Morgan fingerprint density at radius 2 is 2.32 bits per heavy atom. The van der Waals surface area contributed by atoms with Crippen LogP contribution in [0.1, 0.15) is 6.92 Å². The van der Waals surface area contributed by atoms with Crippen LogP contribution in [0.3, 0.4) is 0 Å². The zero-order valence-corrected chi connectivity index (χ0v) is 10.8. The molecule has 0 aromatic heterocycles. The molecule has 0 saturated carbocycles. The van der Waals surface area contributed by atoms with Gasteiger partial charge in [-0.05, 0) is 19.1 Å². The van der Waals surface area contributed by atoms with Gasteiger partial charge in [-0.25, -0.2) is 9.18 Å². The number of carbonyl (C=O) groups excluding carboxylic acids is 1. The third-order valence-corrected chi connectivity index (χ3v) is 3.08. The molecule has 1 aromatic carbocycles. The van der Waals surface area contributed by atoms with E-state index in [9.17, 15) is 9.18 Å². The molecular weight excluding hydrogens is 249 g/mol. The largest absolute Gasteiger partial charge is 0.373 e. The Morgan fingerprint density at radius 3 is 3.00 bits per heavy atom. The molecule has 2 amide bonds. The highest BCUT2D eigenvalue weighted by Crippen LogP contribution is 2.15. The molecule has 3 N–H and O–H groups in total. The van der Waals surface area contributed by atoms with Crippen LogP contribution in [0, 0.1) is 5.82 Å². The number of halogens is 1. The smallest absolute Gasteiger partial charge is 0.322 e. The normalized spacial score (nSPS) is 21.0. The number of hydrogen-bond acceptors (Lipinski definition) is 3. The number of carbonyl (C=O) groups is 1. The lowest BCUT2D eigenvalue weighted by Gasteiger charge is -2.34. The van der Waals surface area contributed by atoms with Gasteiger partial charge in [-0.3, -0.25) is 0 Å². The highest BCUT2D eigenvalue weighted by atomic mass is 19.1. The van der Waals surface area contributed by atoms with Crippen LogP contribution in [-0.4, -0.2) is 42.8 Å². The fourth-order valence-electron chi connectivity index (χ4n) is 1.93. The maximum Gasteiger partial charge on any atom is 0.322 e. The van der Waals surface area contributed by atoms with Crippen molar-refractivity contribution in [3.63, 3.8) is 0 Å². The minimum absolute atomic E-state index is 0.149. The van der Waals surface area contributed by atoms with Crippen LogP contribution >= 0.6 is 0 Å². The maximum absolute atomic E-state index is 13.4. The number of morpholine rings is 1. The van der Waals surface area contributed by atoms with Gasteiger partial charge in [0.2, 0.25) is 0 Å². The van der Waals surface area contributed by atoms with Crippen LogP contribution in [0.4, 0.5) is 14.9 Å². The van der Waals surface area contributed by atoms with Crippen molar-refractivity contribution in [2.75, 3.05) is 25.0 Å². The number of urea groups is 1. The number of nitrogens with two attached hydrogens (primary N) is 1. The van der Waals surface area contributed by atoms with Crippen molar-refractivity contribution in [1.29, 1.82) is 0 Å². The number of nitrogens with one attached hydrogen (secondary N) is 1. The van der Waals surface area contributed by atoms with Crippen LogP contribution in [0.15, 0.2) is 24.3 Å². The minimum Gasteiger partial charge on any atom is -0.373 e. The highest BCUT2D eigenvalue weighted by Gasteiger charge is 2.26. The van der Waals surface area contributed by atoms with Crippen molar-refractivity contribution in [3.05, 3.63) is 30.1 Å². The highest BCUT2D eigenvalue weighted by molar-refractivity contribution is 5.89. The van der Waals surface area contributed by atoms with E-state index in [1.54, 1.807) is 17.0 Å². The molecule has 19 heavy (non-hydrogen) atoms. The molecule has 5 nitrogen and oxygen atoms in total. The average Bonchev–Trinajstić information content (AvgIpc) is 2.41. The number of benzene rings is 1. The molecule has 0 aliphatic carbocycles. The lowest BCUT2D eigenvalue weighted by Crippen LogP contribution is -2.52. The summed E-state index contributed by atoms with van der Waals surface area (Å²) in [6.07, 6.45) is -0.180. The Balaban J connectivity index is 1.98. The topological polar surface area (TPSA) is 67.6 Å². The fourth-order valence-corrected chi connectivity index (χ4v) is 1.93. The predicted molar refractivity (Wildman–Crippen MR) is 70.4 cm³/mol. The van der Waals surface area contributed by atoms with Crippen molar-refractivity contribution in [2.24, 2.45) is 5.73 Å². The monoisotopic (exact) mass is 267 g/mol. The van der Waals surface area contributed by atoms with Crippen molar-refractivity contribution < 1.29 is 13.9 Å². The van der Waals surface area contributed by atoms with E-state index in [0.717, 1.165) is 0 Å². The summed E-state index contributed by atoms with van der Waals surface area (Å²) in [5.41, 5.74) is 5.94. The molecule has 1 fully saturated rings. The molecule has 1 aliphatic heterocycles. The van der Waals surface area contributed by atoms with Gasteiger partial charge in [0, 0.05) is 12.6 Å². The third-order valence-electron chi connectivity index (χ3n) is 3.08.